The fraction of sp³-hybridized carbons (Fsp3) is 0.133. The van der Waals surface area contributed by atoms with Gasteiger partial charge in [-0.2, -0.15) is 0 Å². The maximum atomic E-state index is 10.4. The Kier molecular flexibility index (Phi) is 6.59. The Bertz CT molecular complexity index is 1530. The lowest BCUT2D eigenvalue weighted by molar-refractivity contribution is 0.282. The normalized spacial score (nSPS) is 11.0. The number of hydrogen-bond donors (Lipinski definition) is 1. The molecule has 6 heteroatoms. The molecule has 0 aliphatic heterocycles. The second kappa shape index (κ2) is 9.97. The number of fused-ring (bicyclic) bond motifs is 1. The first-order valence-electron chi connectivity index (χ1n) is 11.6. The molecule has 0 saturated heterocycles. The van der Waals surface area contributed by atoms with Crippen LogP contribution in [0.15, 0.2) is 85.1 Å². The van der Waals surface area contributed by atoms with Crippen LogP contribution in [0.25, 0.3) is 44.4 Å². The summed E-state index contributed by atoms with van der Waals surface area (Å²) in [6.45, 7) is -0.149. The first kappa shape index (κ1) is 23.8. The van der Waals surface area contributed by atoms with Gasteiger partial charge < -0.3 is 14.7 Å². The van der Waals surface area contributed by atoms with Crippen molar-refractivity contribution in [1.29, 1.82) is 0 Å². The number of benzene rings is 3. The summed E-state index contributed by atoms with van der Waals surface area (Å²) in [6.07, 6.45) is 1.77. The van der Waals surface area contributed by atoms with Gasteiger partial charge in [-0.15, -0.1) is 0 Å². The van der Waals surface area contributed by atoms with Crippen molar-refractivity contribution < 1.29 is 9.84 Å². The smallest absolute Gasteiger partial charge is 0.138 e. The van der Waals surface area contributed by atoms with Crippen molar-refractivity contribution in [2.45, 2.75) is 6.61 Å². The summed E-state index contributed by atoms with van der Waals surface area (Å²) in [5.74, 6) is 1.58. The van der Waals surface area contributed by atoms with Crippen LogP contribution < -0.4 is 9.64 Å². The Labute approximate surface area is 215 Å². The highest BCUT2D eigenvalue weighted by Crippen LogP contribution is 2.41. The molecular weight excluding hydrogens is 470 g/mol. The molecule has 3 aromatic carbocycles. The van der Waals surface area contributed by atoms with Gasteiger partial charge in [0.15, 0.2) is 0 Å². The van der Waals surface area contributed by atoms with Gasteiger partial charge in [-0.05, 0) is 59.2 Å². The van der Waals surface area contributed by atoms with Crippen molar-refractivity contribution in [3.8, 4) is 39.3 Å². The average molecular weight is 496 g/mol. The van der Waals surface area contributed by atoms with Gasteiger partial charge in [0.1, 0.15) is 11.6 Å². The molecule has 2 heterocycles. The molecule has 0 fully saturated rings. The maximum Gasteiger partial charge on any atom is 0.138 e. The van der Waals surface area contributed by atoms with Crippen molar-refractivity contribution in [1.82, 2.24) is 9.97 Å². The van der Waals surface area contributed by atoms with E-state index in [-0.39, 0.29) is 6.61 Å². The van der Waals surface area contributed by atoms with Gasteiger partial charge >= 0.3 is 0 Å². The number of aliphatic hydroxyl groups excluding tert-OH is 1. The molecule has 5 rings (SSSR count). The zero-order chi connectivity index (χ0) is 25.2. The van der Waals surface area contributed by atoms with E-state index in [2.05, 4.69) is 4.98 Å². The largest absolute Gasteiger partial charge is 0.497 e. The van der Waals surface area contributed by atoms with E-state index in [9.17, 15) is 5.11 Å². The highest BCUT2D eigenvalue weighted by molar-refractivity contribution is 6.39. The highest BCUT2D eigenvalue weighted by atomic mass is 35.5. The SMILES string of the molecule is COc1ccc(-c2nccc(-c3ccc4nc(N(C)C)c(-c5ccccc5)c(Cl)c4c3)c2CO)cc1. The summed E-state index contributed by atoms with van der Waals surface area (Å²) >= 11 is 7.07. The minimum absolute atomic E-state index is 0.149. The maximum absolute atomic E-state index is 10.4. The third kappa shape index (κ3) is 4.28. The van der Waals surface area contributed by atoms with Crippen LogP contribution in [0.5, 0.6) is 5.75 Å². The van der Waals surface area contributed by atoms with Crippen LogP contribution in [-0.2, 0) is 6.61 Å². The van der Waals surface area contributed by atoms with Crippen LogP contribution in [0.4, 0.5) is 5.82 Å². The topological polar surface area (TPSA) is 58.5 Å². The Morgan fingerprint density at radius 2 is 1.61 bits per heavy atom. The van der Waals surface area contributed by atoms with Crippen molar-refractivity contribution in [2.24, 2.45) is 0 Å². The molecule has 0 amide bonds. The van der Waals surface area contributed by atoms with Gasteiger partial charge in [-0.1, -0.05) is 48.0 Å². The first-order valence-corrected chi connectivity index (χ1v) is 12.0. The van der Waals surface area contributed by atoms with E-state index in [1.165, 1.54) is 0 Å². The quantitative estimate of drug-likeness (QED) is 0.279. The summed E-state index contributed by atoms with van der Waals surface area (Å²) in [5, 5.41) is 11.9. The number of rotatable bonds is 6. The van der Waals surface area contributed by atoms with Gasteiger partial charge in [0, 0.05) is 42.4 Å². The van der Waals surface area contributed by atoms with Crippen molar-refractivity contribution in [3.63, 3.8) is 0 Å². The summed E-state index contributed by atoms with van der Waals surface area (Å²) < 4.78 is 5.28. The van der Waals surface area contributed by atoms with Gasteiger partial charge in [-0.25, -0.2) is 4.98 Å². The number of aromatic nitrogens is 2. The Balaban J connectivity index is 1.69. The predicted molar refractivity (Wildman–Crippen MR) is 148 cm³/mol. The highest BCUT2D eigenvalue weighted by Gasteiger charge is 2.19. The van der Waals surface area contributed by atoms with Crippen LogP contribution in [0.3, 0.4) is 0 Å². The van der Waals surface area contributed by atoms with Crippen molar-refractivity contribution >= 4 is 28.3 Å². The summed E-state index contributed by atoms with van der Waals surface area (Å²) in [4.78, 5) is 11.5. The molecule has 0 saturated carbocycles. The van der Waals surface area contributed by atoms with E-state index in [4.69, 9.17) is 21.3 Å². The Hall–Kier alpha value is -3.93. The standard InChI is InChI=1S/C30H26ClN3O2/c1-34(2)30-27(19-7-5-4-6-8-19)28(31)24-17-21(11-14-26(24)33-30)23-15-16-32-29(25(23)18-35)20-9-12-22(36-3)13-10-20/h4-17,35H,18H2,1-3H3. The molecule has 0 bridgehead atoms. The molecule has 0 spiro atoms. The van der Waals surface area contributed by atoms with E-state index in [0.717, 1.165) is 61.5 Å². The monoisotopic (exact) mass is 495 g/mol. The average Bonchev–Trinajstić information content (AvgIpc) is 2.92. The van der Waals surface area contributed by atoms with Crippen LogP contribution in [0.2, 0.25) is 5.02 Å². The number of ether oxygens (including phenoxy) is 1. The number of pyridine rings is 2. The third-order valence-electron chi connectivity index (χ3n) is 6.28. The Morgan fingerprint density at radius 1 is 0.889 bits per heavy atom. The van der Waals surface area contributed by atoms with Crippen molar-refractivity contribution in [2.75, 3.05) is 26.1 Å². The molecule has 1 N–H and O–H groups in total. The van der Waals surface area contributed by atoms with E-state index in [0.29, 0.717) is 5.02 Å². The molecule has 0 atom stereocenters. The van der Waals surface area contributed by atoms with E-state index >= 15 is 0 Å². The summed E-state index contributed by atoms with van der Waals surface area (Å²) in [7, 11) is 5.57. The zero-order valence-electron chi connectivity index (χ0n) is 20.4. The van der Waals surface area contributed by atoms with Crippen LogP contribution >= 0.6 is 11.6 Å². The van der Waals surface area contributed by atoms with Gasteiger partial charge in [0.25, 0.3) is 0 Å². The summed E-state index contributed by atoms with van der Waals surface area (Å²) in [5.41, 5.74) is 6.93. The number of anilines is 1. The molecule has 0 aliphatic carbocycles. The second-order valence-electron chi connectivity index (χ2n) is 8.69. The van der Waals surface area contributed by atoms with Gasteiger partial charge in [0.05, 0.1) is 29.9 Å². The molecule has 0 aliphatic rings. The lowest BCUT2D eigenvalue weighted by Crippen LogP contribution is -2.12. The fourth-order valence-corrected chi connectivity index (χ4v) is 4.83. The number of methoxy groups -OCH3 is 1. The number of aliphatic hydroxyl groups is 1. The molecule has 180 valence electrons. The predicted octanol–water partition coefficient (Wildman–Crippen LogP) is 6.85. The van der Waals surface area contributed by atoms with Gasteiger partial charge in [-0.3, -0.25) is 4.98 Å². The van der Waals surface area contributed by atoms with Crippen LogP contribution in [0, 0.1) is 0 Å². The first-order chi connectivity index (χ1) is 17.5. The fourth-order valence-electron chi connectivity index (χ4n) is 4.48. The summed E-state index contributed by atoms with van der Waals surface area (Å²) in [6, 6.07) is 25.7. The lowest BCUT2D eigenvalue weighted by atomic mass is 9.94. The number of hydrogen-bond acceptors (Lipinski definition) is 5. The Morgan fingerprint density at radius 3 is 2.28 bits per heavy atom. The van der Waals surface area contributed by atoms with E-state index in [1.807, 2.05) is 97.9 Å². The molecular formula is C30H26ClN3O2. The van der Waals surface area contributed by atoms with Crippen LogP contribution in [-0.4, -0.2) is 36.3 Å². The third-order valence-corrected chi connectivity index (χ3v) is 6.67. The molecule has 2 aromatic heterocycles. The molecule has 0 unspecified atom stereocenters. The molecule has 5 nitrogen and oxygen atoms in total. The minimum atomic E-state index is -0.149. The van der Waals surface area contributed by atoms with E-state index < -0.39 is 0 Å². The van der Waals surface area contributed by atoms with E-state index in [1.54, 1.807) is 13.3 Å². The molecule has 5 aromatic rings. The number of halogens is 1. The minimum Gasteiger partial charge on any atom is -0.497 e. The second-order valence-corrected chi connectivity index (χ2v) is 9.07. The van der Waals surface area contributed by atoms with Crippen LogP contribution in [0.1, 0.15) is 5.56 Å². The number of nitrogens with zero attached hydrogens (tertiary/aromatic N) is 3. The van der Waals surface area contributed by atoms with Crippen molar-refractivity contribution in [3.05, 3.63) is 95.6 Å². The molecule has 36 heavy (non-hydrogen) atoms. The molecule has 0 radical (unpaired) electrons. The van der Waals surface area contributed by atoms with Gasteiger partial charge in [0.2, 0.25) is 0 Å². The lowest BCUT2D eigenvalue weighted by Gasteiger charge is -2.20. The zero-order valence-corrected chi connectivity index (χ0v) is 21.1.